The van der Waals surface area contributed by atoms with Gasteiger partial charge < -0.3 is 4.74 Å². The molecule has 0 saturated heterocycles. The molecular weight excluding hydrogens is 346 g/mol. The molecule has 2 aliphatic rings. The highest BCUT2D eigenvalue weighted by Gasteiger charge is 2.45. The number of thioether (sulfide) groups is 1. The summed E-state index contributed by atoms with van der Waals surface area (Å²) in [5, 5.41) is 0. The lowest BCUT2D eigenvalue weighted by molar-refractivity contribution is -0.143. The molecule has 0 fully saturated rings. The summed E-state index contributed by atoms with van der Waals surface area (Å²) in [6, 6.07) is 8.10. The smallest absolute Gasteiger partial charge is 0.315 e. The summed E-state index contributed by atoms with van der Waals surface area (Å²) in [6.07, 6.45) is 3.25. The first-order valence-corrected chi connectivity index (χ1v) is 10.0. The summed E-state index contributed by atoms with van der Waals surface area (Å²) in [6.45, 7) is 6.04. The lowest BCUT2D eigenvalue weighted by atomic mass is 9.67. The number of esters is 1. The van der Waals surface area contributed by atoms with Crippen LogP contribution in [0.3, 0.4) is 0 Å². The predicted octanol–water partition coefficient (Wildman–Crippen LogP) is 4.40. The number of hydrogen-bond acceptors (Lipinski definition) is 5. The number of rotatable bonds is 3. The Hall–Kier alpha value is -1.88. The number of ketones is 1. The summed E-state index contributed by atoms with van der Waals surface area (Å²) in [5.41, 5.74) is 3.11. The van der Waals surface area contributed by atoms with E-state index in [4.69, 9.17) is 4.74 Å². The predicted molar refractivity (Wildman–Crippen MR) is 105 cm³/mol. The van der Waals surface area contributed by atoms with Crippen LogP contribution >= 0.6 is 11.8 Å². The van der Waals surface area contributed by atoms with Crippen molar-refractivity contribution in [1.82, 2.24) is 0 Å². The molecule has 1 aromatic rings. The van der Waals surface area contributed by atoms with E-state index in [2.05, 4.69) is 18.8 Å². The van der Waals surface area contributed by atoms with Gasteiger partial charge in [0.25, 0.3) is 0 Å². The van der Waals surface area contributed by atoms with E-state index in [1.165, 1.54) is 7.11 Å². The molecule has 2 atom stereocenters. The van der Waals surface area contributed by atoms with Gasteiger partial charge in [-0.1, -0.05) is 26.0 Å². The van der Waals surface area contributed by atoms with Crippen LogP contribution in [0, 0.1) is 11.3 Å². The van der Waals surface area contributed by atoms with E-state index in [9.17, 15) is 9.59 Å². The van der Waals surface area contributed by atoms with Crippen LogP contribution in [-0.4, -0.2) is 30.8 Å². The number of aliphatic imine (C=N–C) groups is 1. The second kappa shape index (κ2) is 7.03. The van der Waals surface area contributed by atoms with Gasteiger partial charge in [0.2, 0.25) is 0 Å². The van der Waals surface area contributed by atoms with Gasteiger partial charge in [-0.15, -0.1) is 11.8 Å². The highest BCUT2D eigenvalue weighted by molar-refractivity contribution is 7.98. The summed E-state index contributed by atoms with van der Waals surface area (Å²) in [4.78, 5) is 31.4. The molecule has 1 unspecified atom stereocenters. The SMILES string of the molecule is COC(=O)C1C(C)=NC2=C(C(=O)CC(C)(C)C2)[C@@H]1c1ccc(SC)cc1. The van der Waals surface area contributed by atoms with E-state index >= 15 is 0 Å². The van der Waals surface area contributed by atoms with E-state index in [0.717, 1.165) is 28.3 Å². The van der Waals surface area contributed by atoms with Crippen molar-refractivity contribution < 1.29 is 14.3 Å². The Bertz CT molecular complexity index is 805. The van der Waals surface area contributed by atoms with Gasteiger partial charge in [0.15, 0.2) is 5.78 Å². The molecular formula is C21H25NO3S. The van der Waals surface area contributed by atoms with Gasteiger partial charge in [-0.2, -0.15) is 0 Å². The Kier molecular flexibility index (Phi) is 5.11. The zero-order valence-corrected chi connectivity index (χ0v) is 16.8. The molecule has 0 saturated carbocycles. The van der Waals surface area contributed by atoms with E-state index in [0.29, 0.717) is 12.0 Å². The largest absolute Gasteiger partial charge is 0.468 e. The average molecular weight is 372 g/mol. The Balaban J connectivity index is 2.16. The van der Waals surface area contributed by atoms with E-state index < -0.39 is 5.92 Å². The molecule has 3 rings (SSSR count). The summed E-state index contributed by atoms with van der Waals surface area (Å²) in [7, 11) is 1.39. The maximum Gasteiger partial charge on any atom is 0.315 e. The number of allylic oxidation sites excluding steroid dienone is 2. The zero-order chi connectivity index (χ0) is 19.1. The van der Waals surface area contributed by atoms with E-state index in [1.54, 1.807) is 11.8 Å². The van der Waals surface area contributed by atoms with Crippen molar-refractivity contribution >= 4 is 29.2 Å². The Morgan fingerprint density at radius 3 is 2.46 bits per heavy atom. The lowest BCUT2D eigenvalue weighted by Crippen LogP contribution is -2.39. The molecule has 0 amide bonds. The van der Waals surface area contributed by atoms with Crippen molar-refractivity contribution in [3.05, 3.63) is 41.1 Å². The zero-order valence-electron chi connectivity index (χ0n) is 16.0. The number of ether oxygens (including phenoxy) is 1. The van der Waals surface area contributed by atoms with Crippen LogP contribution in [0.1, 0.15) is 45.1 Å². The minimum atomic E-state index is -0.552. The fourth-order valence-electron chi connectivity index (χ4n) is 4.05. The van der Waals surface area contributed by atoms with Crippen LogP contribution < -0.4 is 0 Å². The number of nitrogens with zero attached hydrogens (tertiary/aromatic N) is 1. The minimum Gasteiger partial charge on any atom is -0.468 e. The summed E-state index contributed by atoms with van der Waals surface area (Å²) >= 11 is 1.67. The van der Waals surface area contributed by atoms with Crippen molar-refractivity contribution in [2.24, 2.45) is 16.3 Å². The van der Waals surface area contributed by atoms with Gasteiger partial charge in [-0.05, 0) is 42.7 Å². The third-order valence-electron chi connectivity index (χ3n) is 5.23. The Morgan fingerprint density at radius 2 is 1.88 bits per heavy atom. The van der Waals surface area contributed by atoms with Crippen LogP contribution in [0.4, 0.5) is 0 Å². The highest BCUT2D eigenvalue weighted by atomic mass is 32.2. The number of carbonyl (C=O) groups excluding carboxylic acids is 2. The molecule has 26 heavy (non-hydrogen) atoms. The quantitative estimate of drug-likeness (QED) is 0.584. The van der Waals surface area contributed by atoms with Crippen molar-refractivity contribution in [1.29, 1.82) is 0 Å². The van der Waals surface area contributed by atoms with Crippen LogP contribution in [0.5, 0.6) is 0 Å². The summed E-state index contributed by atoms with van der Waals surface area (Å²) in [5.74, 6) is -1.12. The average Bonchev–Trinajstić information content (AvgIpc) is 2.59. The number of hydrogen-bond donors (Lipinski definition) is 0. The van der Waals surface area contributed by atoms with Crippen LogP contribution in [0.25, 0.3) is 0 Å². The molecule has 0 aromatic heterocycles. The number of benzene rings is 1. The van der Waals surface area contributed by atoms with Crippen molar-refractivity contribution in [2.45, 2.75) is 44.4 Å². The fraction of sp³-hybridized carbons (Fsp3) is 0.476. The number of methoxy groups -OCH3 is 1. The second-order valence-corrected chi connectivity index (χ2v) is 8.69. The van der Waals surface area contributed by atoms with Gasteiger partial charge in [0.05, 0.1) is 7.11 Å². The lowest BCUT2D eigenvalue weighted by Gasteiger charge is -2.38. The topological polar surface area (TPSA) is 55.7 Å². The van der Waals surface area contributed by atoms with Crippen LogP contribution in [-0.2, 0) is 14.3 Å². The van der Waals surface area contributed by atoms with Gasteiger partial charge in [0.1, 0.15) is 5.92 Å². The van der Waals surface area contributed by atoms with Gasteiger partial charge in [-0.25, -0.2) is 0 Å². The second-order valence-electron chi connectivity index (χ2n) is 7.81. The normalized spacial score (nSPS) is 24.8. The molecule has 1 aliphatic carbocycles. The van der Waals surface area contributed by atoms with Crippen molar-refractivity contribution in [3.63, 3.8) is 0 Å². The third-order valence-corrected chi connectivity index (χ3v) is 5.98. The van der Waals surface area contributed by atoms with Crippen molar-refractivity contribution in [3.8, 4) is 0 Å². The third kappa shape index (κ3) is 3.37. The monoisotopic (exact) mass is 371 g/mol. The molecule has 5 heteroatoms. The molecule has 0 bridgehead atoms. The van der Waals surface area contributed by atoms with Crippen molar-refractivity contribution in [2.75, 3.05) is 13.4 Å². The number of Topliss-reactive ketones (excluding diaryl/α,β-unsaturated/α-hetero) is 1. The maximum absolute atomic E-state index is 13.0. The summed E-state index contributed by atoms with van der Waals surface area (Å²) < 4.78 is 5.05. The first kappa shape index (κ1) is 18.9. The van der Waals surface area contributed by atoms with Gasteiger partial charge in [0, 0.05) is 34.2 Å². The first-order valence-electron chi connectivity index (χ1n) is 8.80. The van der Waals surface area contributed by atoms with Crippen LogP contribution in [0.15, 0.2) is 45.4 Å². The minimum absolute atomic E-state index is 0.0975. The first-order chi connectivity index (χ1) is 12.3. The van der Waals surface area contributed by atoms with Gasteiger partial charge in [-0.3, -0.25) is 14.6 Å². The molecule has 1 heterocycles. The molecule has 0 N–H and O–H groups in total. The van der Waals surface area contributed by atoms with E-state index in [1.807, 2.05) is 37.4 Å². The standard InChI is InChI=1S/C21H25NO3S/c1-12-17(20(24)25-4)18(13-6-8-14(26-5)9-7-13)19-15(22-12)10-21(2,3)11-16(19)23/h6-9,17-18H,10-11H2,1-5H3/t17?,18-/m1/s1. The Labute approximate surface area is 159 Å². The molecule has 4 nitrogen and oxygen atoms in total. The molecule has 1 aliphatic heterocycles. The highest BCUT2D eigenvalue weighted by Crippen LogP contribution is 2.47. The molecule has 138 valence electrons. The molecule has 1 aromatic carbocycles. The molecule has 0 spiro atoms. The number of carbonyl (C=O) groups is 2. The van der Waals surface area contributed by atoms with Crippen LogP contribution in [0.2, 0.25) is 0 Å². The Morgan fingerprint density at radius 1 is 1.23 bits per heavy atom. The fourth-order valence-corrected chi connectivity index (χ4v) is 4.46. The van der Waals surface area contributed by atoms with E-state index in [-0.39, 0.29) is 23.1 Å². The van der Waals surface area contributed by atoms with Gasteiger partial charge >= 0.3 is 5.97 Å². The molecule has 0 radical (unpaired) electrons. The maximum atomic E-state index is 13.0.